The van der Waals surface area contributed by atoms with Gasteiger partial charge in [0.2, 0.25) is 5.91 Å². The molecule has 2 aromatic carbocycles. The van der Waals surface area contributed by atoms with Crippen molar-refractivity contribution >= 4 is 34.2 Å². The Morgan fingerprint density at radius 1 is 1.19 bits per heavy atom. The van der Waals surface area contributed by atoms with Crippen molar-refractivity contribution in [2.75, 3.05) is 16.9 Å². The number of carbonyl (C=O) groups excluding carboxylic acids is 2. The fourth-order valence-electron chi connectivity index (χ4n) is 2.95. The average molecular weight is 349 g/mol. The minimum Gasteiger partial charge on any atom is -0.345 e. The Labute approximate surface area is 150 Å². The molecule has 26 heavy (non-hydrogen) atoms. The van der Waals surface area contributed by atoms with Gasteiger partial charge in [0.1, 0.15) is 0 Å². The normalized spacial score (nSPS) is 15.9. The van der Waals surface area contributed by atoms with E-state index in [1.807, 2.05) is 44.2 Å². The lowest BCUT2D eigenvalue weighted by atomic mass is 9.94. The maximum absolute atomic E-state index is 12.5. The topological polar surface area (TPSA) is 90.1 Å². The molecule has 3 aromatic rings. The van der Waals surface area contributed by atoms with Gasteiger partial charge in [0.15, 0.2) is 0 Å². The van der Waals surface area contributed by atoms with Gasteiger partial charge in [-0.05, 0) is 56.3 Å². The summed E-state index contributed by atoms with van der Waals surface area (Å²) in [4.78, 5) is 31.5. The molecule has 2 heterocycles. The quantitative estimate of drug-likeness (QED) is 0.678. The van der Waals surface area contributed by atoms with Crippen LogP contribution in [0.1, 0.15) is 24.2 Å². The van der Waals surface area contributed by atoms with Crippen LogP contribution >= 0.6 is 0 Å². The van der Waals surface area contributed by atoms with E-state index in [0.29, 0.717) is 17.8 Å². The van der Waals surface area contributed by atoms with Crippen molar-refractivity contribution < 1.29 is 9.59 Å². The van der Waals surface area contributed by atoms with Gasteiger partial charge in [-0.2, -0.15) is 0 Å². The van der Waals surface area contributed by atoms with Crippen molar-refractivity contribution in [1.29, 1.82) is 0 Å². The molecule has 1 aliphatic rings. The number of aromatic amines is 1. The molecule has 1 saturated heterocycles. The van der Waals surface area contributed by atoms with Gasteiger partial charge in [-0.15, -0.1) is 0 Å². The Hall–Kier alpha value is -3.35. The lowest BCUT2D eigenvalue weighted by Crippen LogP contribution is -2.33. The summed E-state index contributed by atoms with van der Waals surface area (Å²) in [6.07, 6.45) is 1.62. The fraction of sp³-hybridized carbons (Fsp3) is 0.211. The molecule has 7 nitrogen and oxygen atoms in total. The number of fused-ring (bicyclic) bond motifs is 1. The molecular formula is C19H19N5O2. The van der Waals surface area contributed by atoms with Crippen LogP contribution in [-0.2, 0) is 4.79 Å². The standard InChI is InChI=1S/C19H19N5O2/c1-19(2)10-24(23-18(19)26)14-6-3-12(4-7-14)17(25)22-13-5-8-15-16(9-13)21-11-20-15/h3-9,11H,10H2,1-2H3,(H,20,21)(H,22,25)(H,23,26). The maximum Gasteiger partial charge on any atom is 0.255 e. The Bertz CT molecular complexity index is 991. The van der Waals surface area contributed by atoms with Crippen molar-refractivity contribution in [3.63, 3.8) is 0 Å². The Morgan fingerprint density at radius 2 is 1.96 bits per heavy atom. The second kappa shape index (κ2) is 5.87. The minimum absolute atomic E-state index is 0.00600. The number of benzene rings is 2. The highest BCUT2D eigenvalue weighted by atomic mass is 16.2. The number of aromatic nitrogens is 2. The number of amides is 2. The second-order valence-corrected chi connectivity index (χ2v) is 7.05. The third kappa shape index (κ3) is 2.88. The highest BCUT2D eigenvalue weighted by molar-refractivity contribution is 6.05. The molecule has 0 unspecified atom stereocenters. The summed E-state index contributed by atoms with van der Waals surface area (Å²) in [7, 11) is 0. The van der Waals surface area contributed by atoms with Gasteiger partial charge in [-0.3, -0.25) is 20.0 Å². The molecule has 1 aliphatic heterocycles. The Kier molecular flexibility index (Phi) is 3.64. The summed E-state index contributed by atoms with van der Waals surface area (Å²) in [6, 6.07) is 12.7. The molecular weight excluding hydrogens is 330 g/mol. The molecule has 7 heteroatoms. The second-order valence-electron chi connectivity index (χ2n) is 7.05. The van der Waals surface area contributed by atoms with Crippen LogP contribution in [0.3, 0.4) is 0 Å². The number of hydrogen-bond acceptors (Lipinski definition) is 4. The zero-order chi connectivity index (χ0) is 18.3. The van der Waals surface area contributed by atoms with Crippen molar-refractivity contribution in [3.05, 3.63) is 54.4 Å². The molecule has 0 atom stereocenters. The van der Waals surface area contributed by atoms with E-state index in [-0.39, 0.29) is 11.8 Å². The van der Waals surface area contributed by atoms with Crippen LogP contribution < -0.4 is 15.8 Å². The summed E-state index contributed by atoms with van der Waals surface area (Å²) in [6.45, 7) is 4.39. The van der Waals surface area contributed by atoms with Crippen LogP contribution in [0.25, 0.3) is 11.0 Å². The molecule has 0 saturated carbocycles. The van der Waals surface area contributed by atoms with Gasteiger partial charge in [0, 0.05) is 11.3 Å². The smallest absolute Gasteiger partial charge is 0.255 e. The van der Waals surface area contributed by atoms with Crippen molar-refractivity contribution in [3.8, 4) is 0 Å². The highest BCUT2D eigenvalue weighted by Gasteiger charge is 2.38. The van der Waals surface area contributed by atoms with E-state index in [4.69, 9.17) is 0 Å². The molecule has 1 aromatic heterocycles. The summed E-state index contributed by atoms with van der Waals surface area (Å²) < 4.78 is 0. The molecule has 0 radical (unpaired) electrons. The van der Waals surface area contributed by atoms with E-state index in [1.54, 1.807) is 23.5 Å². The first-order valence-corrected chi connectivity index (χ1v) is 8.36. The van der Waals surface area contributed by atoms with Gasteiger partial charge >= 0.3 is 0 Å². The van der Waals surface area contributed by atoms with E-state index in [1.165, 1.54) is 0 Å². The van der Waals surface area contributed by atoms with Crippen LogP contribution in [0.4, 0.5) is 11.4 Å². The first kappa shape index (κ1) is 16.1. The predicted octanol–water partition coefficient (Wildman–Crippen LogP) is 2.69. The Balaban J connectivity index is 1.48. The number of imidazole rings is 1. The molecule has 0 spiro atoms. The van der Waals surface area contributed by atoms with Crippen molar-refractivity contribution in [1.82, 2.24) is 15.4 Å². The van der Waals surface area contributed by atoms with Gasteiger partial charge in [-0.1, -0.05) is 0 Å². The lowest BCUT2D eigenvalue weighted by Gasteiger charge is -2.19. The van der Waals surface area contributed by atoms with Gasteiger partial charge < -0.3 is 10.3 Å². The lowest BCUT2D eigenvalue weighted by molar-refractivity contribution is -0.125. The number of hydrogen-bond donors (Lipinski definition) is 3. The first-order valence-electron chi connectivity index (χ1n) is 8.36. The number of hydrazine groups is 1. The van der Waals surface area contributed by atoms with Crippen LogP contribution in [0.15, 0.2) is 48.8 Å². The number of nitrogens with one attached hydrogen (secondary N) is 3. The predicted molar refractivity (Wildman–Crippen MR) is 99.8 cm³/mol. The molecule has 1 fully saturated rings. The largest absolute Gasteiger partial charge is 0.345 e. The summed E-state index contributed by atoms with van der Waals surface area (Å²) in [5.74, 6) is -0.199. The molecule has 132 valence electrons. The van der Waals surface area contributed by atoms with E-state index in [0.717, 1.165) is 16.7 Å². The number of carbonyl (C=O) groups is 2. The van der Waals surface area contributed by atoms with Crippen LogP contribution in [0.5, 0.6) is 0 Å². The van der Waals surface area contributed by atoms with E-state index in [9.17, 15) is 9.59 Å². The first-order chi connectivity index (χ1) is 12.4. The summed E-state index contributed by atoms with van der Waals surface area (Å²) >= 11 is 0. The number of H-pyrrole nitrogens is 1. The minimum atomic E-state index is -0.429. The summed E-state index contributed by atoms with van der Waals surface area (Å²) in [5, 5.41) is 4.68. The van der Waals surface area contributed by atoms with Crippen LogP contribution in [0.2, 0.25) is 0 Å². The van der Waals surface area contributed by atoms with Gasteiger partial charge in [-0.25, -0.2) is 4.98 Å². The maximum atomic E-state index is 12.5. The third-order valence-corrected chi connectivity index (χ3v) is 4.52. The number of nitrogens with zero attached hydrogens (tertiary/aromatic N) is 2. The monoisotopic (exact) mass is 349 g/mol. The van der Waals surface area contributed by atoms with Gasteiger partial charge in [0.05, 0.1) is 35.0 Å². The number of anilines is 2. The fourth-order valence-corrected chi connectivity index (χ4v) is 2.95. The van der Waals surface area contributed by atoms with E-state index >= 15 is 0 Å². The summed E-state index contributed by atoms with van der Waals surface area (Å²) in [5.41, 5.74) is 6.22. The number of rotatable bonds is 3. The van der Waals surface area contributed by atoms with Crippen LogP contribution in [-0.4, -0.2) is 28.3 Å². The van der Waals surface area contributed by atoms with E-state index in [2.05, 4.69) is 20.7 Å². The molecule has 0 bridgehead atoms. The van der Waals surface area contributed by atoms with Gasteiger partial charge in [0.25, 0.3) is 5.91 Å². The van der Waals surface area contributed by atoms with Crippen molar-refractivity contribution in [2.24, 2.45) is 5.41 Å². The molecule has 4 rings (SSSR count). The van der Waals surface area contributed by atoms with Crippen molar-refractivity contribution in [2.45, 2.75) is 13.8 Å². The molecule has 0 aliphatic carbocycles. The SMILES string of the molecule is CC1(C)CN(c2ccc(C(=O)Nc3ccc4nc[nH]c4c3)cc2)NC1=O. The average Bonchev–Trinajstić information content (AvgIpc) is 3.18. The van der Waals surface area contributed by atoms with Crippen LogP contribution in [0, 0.1) is 5.41 Å². The van der Waals surface area contributed by atoms with E-state index < -0.39 is 5.41 Å². The zero-order valence-corrected chi connectivity index (χ0v) is 14.5. The highest BCUT2D eigenvalue weighted by Crippen LogP contribution is 2.27. The molecule has 3 N–H and O–H groups in total. The third-order valence-electron chi connectivity index (χ3n) is 4.52. The molecule has 2 amide bonds. The Morgan fingerprint density at radius 3 is 2.65 bits per heavy atom. The zero-order valence-electron chi connectivity index (χ0n) is 14.5.